The van der Waals surface area contributed by atoms with E-state index >= 15 is 0 Å². The molecule has 0 saturated carbocycles. The fourth-order valence-corrected chi connectivity index (χ4v) is 1.18. The Labute approximate surface area is 66.4 Å². The summed E-state index contributed by atoms with van der Waals surface area (Å²) in [5, 5.41) is 0. The van der Waals surface area contributed by atoms with Gasteiger partial charge in [-0.2, -0.15) is 0 Å². The molecular formula is C10H11F. The first-order valence-electron chi connectivity index (χ1n) is 3.57. The number of rotatable bonds is 1. The first kappa shape index (κ1) is 7.99. The molecule has 1 aromatic rings. The maximum absolute atomic E-state index is 11.8. The molecule has 1 rings (SSSR count). The van der Waals surface area contributed by atoms with E-state index in [2.05, 4.69) is 6.07 Å². The lowest BCUT2D eigenvalue weighted by Crippen LogP contribution is -1.79. The Morgan fingerprint density at radius 1 is 1.09 bits per heavy atom. The van der Waals surface area contributed by atoms with Gasteiger partial charge in [0, 0.05) is 0 Å². The van der Waals surface area contributed by atoms with Crippen LogP contribution in [0.3, 0.4) is 0 Å². The number of hydrogen-bond donors (Lipinski definition) is 0. The SMILES string of the molecule is Cc1cc(C)cc(/C=C/F)c1. The molecule has 0 N–H and O–H groups in total. The first-order valence-corrected chi connectivity index (χ1v) is 3.57. The van der Waals surface area contributed by atoms with Crippen molar-refractivity contribution in [2.45, 2.75) is 13.8 Å². The summed E-state index contributed by atoms with van der Waals surface area (Å²) in [7, 11) is 0. The van der Waals surface area contributed by atoms with Gasteiger partial charge in [-0.05, 0) is 25.5 Å². The van der Waals surface area contributed by atoms with Crippen LogP contribution in [0.15, 0.2) is 24.5 Å². The topological polar surface area (TPSA) is 0 Å². The van der Waals surface area contributed by atoms with Gasteiger partial charge < -0.3 is 0 Å². The minimum absolute atomic E-state index is 0.564. The molecule has 58 valence electrons. The number of aryl methyl sites for hydroxylation is 2. The summed E-state index contributed by atoms with van der Waals surface area (Å²) in [5.74, 6) is 0. The summed E-state index contributed by atoms with van der Waals surface area (Å²) in [6.45, 7) is 4.01. The molecule has 0 nitrogen and oxygen atoms in total. The van der Waals surface area contributed by atoms with E-state index in [-0.39, 0.29) is 0 Å². The van der Waals surface area contributed by atoms with Gasteiger partial charge in [0.1, 0.15) is 0 Å². The maximum Gasteiger partial charge on any atom is 0.0872 e. The van der Waals surface area contributed by atoms with Crippen molar-refractivity contribution in [3.63, 3.8) is 0 Å². The minimum atomic E-state index is 0.564. The molecule has 0 aliphatic heterocycles. The molecule has 0 aromatic heterocycles. The van der Waals surface area contributed by atoms with Crippen LogP contribution in [-0.2, 0) is 0 Å². The minimum Gasteiger partial charge on any atom is -0.216 e. The zero-order valence-electron chi connectivity index (χ0n) is 6.76. The molecule has 0 radical (unpaired) electrons. The van der Waals surface area contributed by atoms with Crippen molar-refractivity contribution < 1.29 is 4.39 Å². The van der Waals surface area contributed by atoms with Crippen molar-refractivity contribution in [3.05, 3.63) is 41.2 Å². The second-order valence-electron chi connectivity index (χ2n) is 2.71. The highest BCUT2D eigenvalue weighted by molar-refractivity contribution is 5.50. The van der Waals surface area contributed by atoms with Crippen LogP contribution in [0.1, 0.15) is 16.7 Å². The quantitative estimate of drug-likeness (QED) is 0.576. The third kappa shape index (κ3) is 2.19. The third-order valence-corrected chi connectivity index (χ3v) is 1.50. The lowest BCUT2D eigenvalue weighted by Gasteiger charge is -1.98. The van der Waals surface area contributed by atoms with E-state index in [0.29, 0.717) is 6.33 Å². The first-order chi connectivity index (χ1) is 5.22. The predicted molar refractivity (Wildman–Crippen MR) is 46.1 cm³/mol. The molecule has 0 atom stereocenters. The molecule has 0 heterocycles. The fraction of sp³-hybridized carbons (Fsp3) is 0.200. The van der Waals surface area contributed by atoms with Crippen LogP contribution in [0, 0.1) is 13.8 Å². The maximum atomic E-state index is 11.8. The Bertz CT molecular complexity index is 254. The van der Waals surface area contributed by atoms with Crippen molar-refractivity contribution in [1.82, 2.24) is 0 Å². The highest BCUT2D eigenvalue weighted by Crippen LogP contribution is 2.09. The Kier molecular flexibility index (Phi) is 2.42. The lowest BCUT2D eigenvalue weighted by molar-refractivity contribution is 0.727. The van der Waals surface area contributed by atoms with Crippen molar-refractivity contribution >= 4 is 6.08 Å². The van der Waals surface area contributed by atoms with E-state index in [9.17, 15) is 4.39 Å². The molecule has 0 saturated heterocycles. The van der Waals surface area contributed by atoms with Crippen LogP contribution >= 0.6 is 0 Å². The summed E-state index contributed by atoms with van der Waals surface area (Å²) < 4.78 is 11.8. The summed E-state index contributed by atoms with van der Waals surface area (Å²) in [4.78, 5) is 0. The Morgan fingerprint density at radius 2 is 1.64 bits per heavy atom. The summed E-state index contributed by atoms with van der Waals surface area (Å²) in [5.41, 5.74) is 3.25. The van der Waals surface area contributed by atoms with Gasteiger partial charge in [0.25, 0.3) is 0 Å². The molecule has 0 aliphatic carbocycles. The van der Waals surface area contributed by atoms with E-state index in [4.69, 9.17) is 0 Å². The van der Waals surface area contributed by atoms with Crippen LogP contribution < -0.4 is 0 Å². The van der Waals surface area contributed by atoms with Gasteiger partial charge in [0.15, 0.2) is 0 Å². The normalized spacial score (nSPS) is 10.8. The van der Waals surface area contributed by atoms with Crippen LogP contribution in [0.5, 0.6) is 0 Å². The summed E-state index contributed by atoms with van der Waals surface area (Å²) in [6.07, 6.45) is 2.02. The average Bonchev–Trinajstić information content (AvgIpc) is 1.85. The monoisotopic (exact) mass is 150 g/mol. The summed E-state index contributed by atoms with van der Waals surface area (Å²) >= 11 is 0. The lowest BCUT2D eigenvalue weighted by atomic mass is 10.1. The molecule has 1 aromatic carbocycles. The molecule has 0 spiro atoms. The smallest absolute Gasteiger partial charge is 0.0872 e. The van der Waals surface area contributed by atoms with E-state index in [1.165, 1.54) is 6.08 Å². The van der Waals surface area contributed by atoms with Gasteiger partial charge >= 0.3 is 0 Å². The highest BCUT2D eigenvalue weighted by Gasteiger charge is 1.90. The van der Waals surface area contributed by atoms with Crippen molar-refractivity contribution in [3.8, 4) is 0 Å². The third-order valence-electron chi connectivity index (χ3n) is 1.50. The standard InChI is InChI=1S/C10H11F/c1-8-5-9(2)7-10(6-8)3-4-11/h3-7H,1-2H3/b4-3+. The van der Waals surface area contributed by atoms with E-state index in [1.54, 1.807) is 0 Å². The average molecular weight is 150 g/mol. The van der Waals surface area contributed by atoms with E-state index in [1.807, 2.05) is 26.0 Å². The zero-order chi connectivity index (χ0) is 8.27. The molecular weight excluding hydrogens is 139 g/mol. The van der Waals surface area contributed by atoms with Gasteiger partial charge in [-0.3, -0.25) is 0 Å². The van der Waals surface area contributed by atoms with Crippen LogP contribution in [0.25, 0.3) is 6.08 Å². The van der Waals surface area contributed by atoms with Gasteiger partial charge in [0.2, 0.25) is 0 Å². The van der Waals surface area contributed by atoms with Gasteiger partial charge in [-0.1, -0.05) is 29.3 Å². The Morgan fingerprint density at radius 3 is 2.09 bits per heavy atom. The second-order valence-corrected chi connectivity index (χ2v) is 2.71. The fourth-order valence-electron chi connectivity index (χ4n) is 1.18. The molecule has 0 aliphatic rings. The van der Waals surface area contributed by atoms with Crippen molar-refractivity contribution in [1.29, 1.82) is 0 Å². The van der Waals surface area contributed by atoms with Gasteiger partial charge in [0.05, 0.1) is 6.33 Å². The number of benzene rings is 1. The predicted octanol–water partition coefficient (Wildman–Crippen LogP) is 3.24. The molecule has 0 amide bonds. The highest BCUT2D eigenvalue weighted by atomic mass is 19.1. The molecule has 0 unspecified atom stereocenters. The second kappa shape index (κ2) is 3.33. The van der Waals surface area contributed by atoms with Crippen molar-refractivity contribution in [2.24, 2.45) is 0 Å². The van der Waals surface area contributed by atoms with Crippen LogP contribution in [-0.4, -0.2) is 0 Å². The largest absolute Gasteiger partial charge is 0.216 e. The van der Waals surface area contributed by atoms with Gasteiger partial charge in [-0.25, -0.2) is 4.39 Å². The zero-order valence-corrected chi connectivity index (χ0v) is 6.76. The molecule has 11 heavy (non-hydrogen) atoms. The molecule has 1 heteroatoms. The van der Waals surface area contributed by atoms with E-state index < -0.39 is 0 Å². The number of hydrogen-bond acceptors (Lipinski definition) is 0. The Balaban J connectivity index is 3.08. The van der Waals surface area contributed by atoms with E-state index in [0.717, 1.165) is 16.7 Å². The number of halogens is 1. The van der Waals surface area contributed by atoms with Crippen molar-refractivity contribution in [2.75, 3.05) is 0 Å². The van der Waals surface area contributed by atoms with Gasteiger partial charge in [-0.15, -0.1) is 0 Å². The molecule has 0 bridgehead atoms. The Hall–Kier alpha value is -1.11. The van der Waals surface area contributed by atoms with Crippen LogP contribution in [0.2, 0.25) is 0 Å². The molecule has 0 fully saturated rings. The summed E-state index contributed by atoms with van der Waals surface area (Å²) in [6, 6.07) is 5.96. The van der Waals surface area contributed by atoms with Crippen LogP contribution in [0.4, 0.5) is 4.39 Å².